The van der Waals surface area contributed by atoms with Gasteiger partial charge in [-0.25, -0.2) is 4.98 Å². The van der Waals surface area contributed by atoms with Crippen LogP contribution in [0.3, 0.4) is 0 Å². The molecule has 1 atom stereocenters. The van der Waals surface area contributed by atoms with E-state index in [1.165, 1.54) is 10.9 Å². The topological polar surface area (TPSA) is 93.1 Å². The molecule has 2 N–H and O–H groups in total. The van der Waals surface area contributed by atoms with E-state index < -0.39 is 6.04 Å². The fraction of sp³-hybridized carbons (Fsp3) is 0.444. The lowest BCUT2D eigenvalue weighted by molar-refractivity contribution is -0.128. The first-order valence-electron chi connectivity index (χ1n) is 8.46. The minimum atomic E-state index is -0.569. The van der Waals surface area contributed by atoms with E-state index in [9.17, 15) is 14.4 Å². The van der Waals surface area contributed by atoms with Gasteiger partial charge < -0.3 is 10.6 Å². The van der Waals surface area contributed by atoms with E-state index in [0.717, 1.165) is 5.56 Å². The van der Waals surface area contributed by atoms with Crippen LogP contribution in [-0.4, -0.2) is 34.0 Å². The van der Waals surface area contributed by atoms with E-state index >= 15 is 0 Å². The zero-order chi connectivity index (χ0) is 18.4. The van der Waals surface area contributed by atoms with Crippen LogP contribution in [0.1, 0.15) is 32.3 Å². The Balaban J connectivity index is 1.93. The Bertz CT molecular complexity index is 829. The third-order valence-electron chi connectivity index (χ3n) is 3.98. The van der Waals surface area contributed by atoms with Crippen molar-refractivity contribution in [2.24, 2.45) is 0 Å². The third-order valence-corrected chi connectivity index (χ3v) is 3.98. The molecule has 0 saturated carbocycles. The molecule has 7 nitrogen and oxygen atoms in total. The van der Waals surface area contributed by atoms with Crippen molar-refractivity contribution in [1.29, 1.82) is 0 Å². The summed E-state index contributed by atoms with van der Waals surface area (Å²) in [7, 11) is 0. The fourth-order valence-corrected chi connectivity index (χ4v) is 2.61. The highest BCUT2D eigenvalue weighted by Crippen LogP contribution is 2.11. The van der Waals surface area contributed by atoms with Crippen LogP contribution in [0.5, 0.6) is 0 Å². The molecule has 0 saturated heterocycles. The Labute approximate surface area is 146 Å². The van der Waals surface area contributed by atoms with Crippen LogP contribution in [0.4, 0.5) is 0 Å². The highest BCUT2D eigenvalue weighted by atomic mass is 16.2. The molecule has 0 spiro atoms. The number of amides is 2. The summed E-state index contributed by atoms with van der Waals surface area (Å²) in [5.74, 6) is -0.419. The van der Waals surface area contributed by atoms with Gasteiger partial charge in [0, 0.05) is 19.5 Å². The smallest absolute Gasteiger partial charge is 0.261 e. The van der Waals surface area contributed by atoms with Crippen molar-refractivity contribution >= 4 is 22.7 Å². The predicted molar refractivity (Wildman–Crippen MR) is 96.3 cm³/mol. The van der Waals surface area contributed by atoms with E-state index in [0.29, 0.717) is 30.4 Å². The van der Waals surface area contributed by atoms with Gasteiger partial charge in [0.15, 0.2) is 0 Å². The molecule has 1 heterocycles. The molecule has 7 heteroatoms. The van der Waals surface area contributed by atoms with E-state index in [-0.39, 0.29) is 23.8 Å². The quantitative estimate of drug-likeness (QED) is 0.787. The Hall–Kier alpha value is -2.70. The molecular weight excluding hydrogens is 320 g/mol. The van der Waals surface area contributed by atoms with Gasteiger partial charge in [-0.05, 0) is 38.8 Å². The first kappa shape index (κ1) is 18.6. The summed E-state index contributed by atoms with van der Waals surface area (Å²) in [6.45, 7) is 6.31. The van der Waals surface area contributed by atoms with Crippen LogP contribution in [-0.2, 0) is 16.1 Å². The van der Waals surface area contributed by atoms with Crippen LogP contribution in [0, 0.1) is 6.92 Å². The SMILES string of the molecule is CCNC(=O)C(C)NC(=O)CCCn1cnc2c(C)cccc2c1=O. The molecule has 0 aliphatic rings. The summed E-state index contributed by atoms with van der Waals surface area (Å²) in [6, 6.07) is 4.94. The van der Waals surface area contributed by atoms with Crippen LogP contribution in [0.25, 0.3) is 10.9 Å². The minimum Gasteiger partial charge on any atom is -0.355 e. The molecule has 1 unspecified atom stereocenters. The molecule has 0 aliphatic heterocycles. The summed E-state index contributed by atoms with van der Waals surface area (Å²) < 4.78 is 1.52. The molecule has 2 rings (SSSR count). The van der Waals surface area contributed by atoms with E-state index in [1.54, 1.807) is 13.0 Å². The molecule has 0 aliphatic carbocycles. The zero-order valence-corrected chi connectivity index (χ0v) is 14.8. The number of benzene rings is 1. The Morgan fingerprint density at radius 1 is 1.32 bits per heavy atom. The summed E-state index contributed by atoms with van der Waals surface area (Å²) in [5.41, 5.74) is 1.56. The lowest BCUT2D eigenvalue weighted by Gasteiger charge is -2.13. The van der Waals surface area contributed by atoms with Crippen molar-refractivity contribution in [3.8, 4) is 0 Å². The molecule has 25 heavy (non-hydrogen) atoms. The van der Waals surface area contributed by atoms with Gasteiger partial charge >= 0.3 is 0 Å². The largest absolute Gasteiger partial charge is 0.355 e. The van der Waals surface area contributed by atoms with Crippen LogP contribution < -0.4 is 16.2 Å². The summed E-state index contributed by atoms with van der Waals surface area (Å²) >= 11 is 0. The average Bonchev–Trinajstić information content (AvgIpc) is 2.57. The lowest BCUT2D eigenvalue weighted by atomic mass is 10.1. The first-order chi connectivity index (χ1) is 11.9. The maximum Gasteiger partial charge on any atom is 0.261 e. The van der Waals surface area contributed by atoms with Gasteiger partial charge in [-0.15, -0.1) is 0 Å². The predicted octanol–water partition coefficient (Wildman–Crippen LogP) is 1.13. The monoisotopic (exact) mass is 344 g/mol. The number of nitrogens with zero attached hydrogens (tertiary/aromatic N) is 2. The molecular formula is C18H24N4O3. The second-order valence-corrected chi connectivity index (χ2v) is 6.00. The van der Waals surface area contributed by atoms with Crippen molar-refractivity contribution in [3.05, 3.63) is 40.4 Å². The molecule has 1 aromatic heterocycles. The number of likely N-dealkylation sites (N-methyl/N-ethyl adjacent to an activating group) is 1. The van der Waals surface area contributed by atoms with Crippen molar-refractivity contribution in [2.75, 3.05) is 6.54 Å². The third kappa shape index (κ3) is 4.65. The number of carbonyl (C=O) groups excluding carboxylic acids is 2. The zero-order valence-electron chi connectivity index (χ0n) is 14.8. The van der Waals surface area contributed by atoms with Crippen LogP contribution in [0.15, 0.2) is 29.3 Å². The molecule has 0 radical (unpaired) electrons. The maximum atomic E-state index is 12.5. The number of aromatic nitrogens is 2. The molecule has 134 valence electrons. The van der Waals surface area contributed by atoms with Crippen molar-refractivity contribution < 1.29 is 9.59 Å². The van der Waals surface area contributed by atoms with Gasteiger partial charge in [0.2, 0.25) is 11.8 Å². The number of carbonyl (C=O) groups is 2. The molecule has 1 aromatic carbocycles. The van der Waals surface area contributed by atoms with Crippen molar-refractivity contribution in [3.63, 3.8) is 0 Å². The first-order valence-corrected chi connectivity index (χ1v) is 8.46. The Morgan fingerprint density at radius 2 is 2.08 bits per heavy atom. The molecule has 2 amide bonds. The summed E-state index contributed by atoms with van der Waals surface area (Å²) in [5, 5.41) is 5.88. The van der Waals surface area contributed by atoms with Crippen LogP contribution >= 0.6 is 0 Å². The number of aryl methyl sites for hydroxylation is 2. The number of rotatable bonds is 7. The average molecular weight is 344 g/mol. The second-order valence-electron chi connectivity index (χ2n) is 6.00. The number of hydrogen-bond donors (Lipinski definition) is 2. The lowest BCUT2D eigenvalue weighted by Crippen LogP contribution is -2.44. The van der Waals surface area contributed by atoms with Crippen molar-refractivity contribution in [2.45, 2.75) is 46.2 Å². The van der Waals surface area contributed by atoms with Gasteiger partial charge in [-0.3, -0.25) is 19.0 Å². The normalized spacial score (nSPS) is 12.0. The van der Waals surface area contributed by atoms with E-state index in [4.69, 9.17) is 0 Å². The van der Waals surface area contributed by atoms with E-state index in [2.05, 4.69) is 15.6 Å². The standard InChI is InChI=1S/C18H24N4O3/c1-4-19-17(24)13(3)21-15(23)9-6-10-22-11-20-16-12(2)7-5-8-14(16)18(22)25/h5,7-8,11,13H,4,6,9-10H2,1-3H3,(H,19,24)(H,21,23). The van der Waals surface area contributed by atoms with Gasteiger partial charge in [0.1, 0.15) is 6.04 Å². The molecule has 0 fully saturated rings. The summed E-state index contributed by atoms with van der Waals surface area (Å²) in [4.78, 5) is 40.3. The minimum absolute atomic E-state index is 0.107. The maximum absolute atomic E-state index is 12.5. The fourth-order valence-electron chi connectivity index (χ4n) is 2.61. The van der Waals surface area contributed by atoms with E-state index in [1.807, 2.05) is 26.0 Å². The number of nitrogens with one attached hydrogen (secondary N) is 2. The summed E-state index contributed by atoms with van der Waals surface area (Å²) in [6.07, 6.45) is 2.25. The van der Waals surface area contributed by atoms with Gasteiger partial charge in [-0.1, -0.05) is 12.1 Å². The van der Waals surface area contributed by atoms with Gasteiger partial charge in [0.25, 0.3) is 5.56 Å². The highest BCUT2D eigenvalue weighted by molar-refractivity contribution is 5.87. The Kier molecular flexibility index (Phi) is 6.27. The second kappa shape index (κ2) is 8.41. The van der Waals surface area contributed by atoms with Gasteiger partial charge in [0.05, 0.1) is 17.2 Å². The van der Waals surface area contributed by atoms with Crippen LogP contribution in [0.2, 0.25) is 0 Å². The molecule has 0 bridgehead atoms. The molecule has 2 aromatic rings. The van der Waals surface area contributed by atoms with Gasteiger partial charge in [-0.2, -0.15) is 0 Å². The Morgan fingerprint density at radius 3 is 2.80 bits per heavy atom. The van der Waals surface area contributed by atoms with Crippen molar-refractivity contribution in [1.82, 2.24) is 20.2 Å². The number of hydrogen-bond acceptors (Lipinski definition) is 4. The number of para-hydroxylation sites is 1. The number of fused-ring (bicyclic) bond motifs is 1. The highest BCUT2D eigenvalue weighted by Gasteiger charge is 2.14.